The number of carboxylic acid groups (broad SMARTS) is 1. The molecule has 0 aliphatic carbocycles. The number of carbonyl (C=O) groups excluding carboxylic acids is 2. The van der Waals surface area contributed by atoms with Gasteiger partial charge in [-0.1, -0.05) is 30.3 Å². The molecule has 2 saturated heterocycles. The maximum absolute atomic E-state index is 12.2. The Labute approximate surface area is 153 Å². The minimum atomic E-state index is -0.906. The fraction of sp³-hybridized carbons (Fsp3) is 0.526. The van der Waals surface area contributed by atoms with Crippen LogP contribution in [0, 0.1) is 5.92 Å². The Bertz CT molecular complexity index is 683. The molecule has 1 spiro atoms. The lowest BCUT2D eigenvalue weighted by atomic mass is 9.77. The van der Waals surface area contributed by atoms with Crippen LogP contribution in [0.5, 0.6) is 0 Å². The number of likely N-dealkylation sites (tertiary alicyclic amines) is 2. The maximum Gasteiger partial charge on any atom is 0.309 e. The highest BCUT2D eigenvalue weighted by molar-refractivity contribution is 5.88. The lowest BCUT2D eigenvalue weighted by Crippen LogP contribution is -2.57. The smallest absolute Gasteiger partial charge is 0.309 e. The van der Waals surface area contributed by atoms with Gasteiger partial charge in [-0.2, -0.15) is 0 Å². The van der Waals surface area contributed by atoms with Gasteiger partial charge < -0.3 is 15.3 Å². The summed E-state index contributed by atoms with van der Waals surface area (Å²) in [4.78, 5) is 39.4. The molecule has 2 fully saturated rings. The summed E-state index contributed by atoms with van der Waals surface area (Å²) in [6, 6.07) is 9.73. The van der Waals surface area contributed by atoms with E-state index in [1.165, 1.54) is 0 Å². The van der Waals surface area contributed by atoms with E-state index >= 15 is 0 Å². The molecule has 2 amide bonds. The second-order valence-corrected chi connectivity index (χ2v) is 7.19. The van der Waals surface area contributed by atoms with E-state index in [9.17, 15) is 19.5 Å². The van der Waals surface area contributed by atoms with Crippen LogP contribution in [0.4, 0.5) is 0 Å². The molecule has 140 valence electrons. The first-order valence-corrected chi connectivity index (χ1v) is 8.95. The number of hydrogen-bond donors (Lipinski definition) is 2. The van der Waals surface area contributed by atoms with E-state index in [0.29, 0.717) is 32.5 Å². The minimum Gasteiger partial charge on any atom is -0.481 e. The number of rotatable bonds is 5. The molecular weight excluding hydrogens is 334 g/mol. The van der Waals surface area contributed by atoms with Crippen molar-refractivity contribution in [1.29, 1.82) is 0 Å². The SMILES string of the molecule is CN1C(=O)C[C@@H](C(=O)O)C12CCN(CC(=O)NCc1ccccc1)CC2. The predicted molar refractivity (Wildman–Crippen MR) is 95.2 cm³/mol. The molecule has 0 radical (unpaired) electrons. The van der Waals surface area contributed by atoms with Crippen LogP contribution >= 0.6 is 0 Å². The number of aliphatic carboxylic acids is 1. The fourth-order valence-electron chi connectivity index (χ4n) is 4.14. The number of nitrogens with zero attached hydrogens (tertiary/aromatic N) is 2. The minimum absolute atomic E-state index is 0.0459. The van der Waals surface area contributed by atoms with Crippen LogP contribution in [0.3, 0.4) is 0 Å². The van der Waals surface area contributed by atoms with Gasteiger partial charge in [0.05, 0.1) is 18.0 Å². The molecule has 0 aromatic heterocycles. The summed E-state index contributed by atoms with van der Waals surface area (Å²) < 4.78 is 0. The molecule has 0 bridgehead atoms. The van der Waals surface area contributed by atoms with Gasteiger partial charge in [-0.25, -0.2) is 0 Å². The largest absolute Gasteiger partial charge is 0.481 e. The van der Waals surface area contributed by atoms with Crippen molar-refractivity contribution in [2.45, 2.75) is 31.3 Å². The van der Waals surface area contributed by atoms with Crippen LogP contribution < -0.4 is 5.32 Å². The number of carbonyl (C=O) groups is 3. The monoisotopic (exact) mass is 359 g/mol. The summed E-state index contributed by atoms with van der Waals surface area (Å²) >= 11 is 0. The molecule has 2 N–H and O–H groups in total. The van der Waals surface area contributed by atoms with Crippen LogP contribution in [0.15, 0.2) is 30.3 Å². The Balaban J connectivity index is 1.52. The predicted octanol–water partition coefficient (Wildman–Crippen LogP) is 0.700. The van der Waals surface area contributed by atoms with Crippen LogP contribution in [0.1, 0.15) is 24.8 Å². The van der Waals surface area contributed by atoms with Gasteiger partial charge >= 0.3 is 5.97 Å². The molecule has 2 heterocycles. The Morgan fingerprint density at radius 1 is 1.23 bits per heavy atom. The summed E-state index contributed by atoms with van der Waals surface area (Å²) in [5.74, 6) is -1.72. The van der Waals surface area contributed by atoms with Gasteiger partial charge in [-0.15, -0.1) is 0 Å². The second-order valence-electron chi connectivity index (χ2n) is 7.19. The zero-order valence-electron chi connectivity index (χ0n) is 15.0. The van der Waals surface area contributed by atoms with Gasteiger partial charge in [0.15, 0.2) is 0 Å². The lowest BCUT2D eigenvalue weighted by molar-refractivity contribution is -0.146. The van der Waals surface area contributed by atoms with E-state index in [-0.39, 0.29) is 24.8 Å². The van der Waals surface area contributed by atoms with E-state index in [1.807, 2.05) is 35.2 Å². The second kappa shape index (κ2) is 7.45. The van der Waals surface area contributed by atoms with Gasteiger partial charge in [-0.05, 0) is 18.4 Å². The van der Waals surface area contributed by atoms with Gasteiger partial charge in [-0.3, -0.25) is 19.3 Å². The highest BCUT2D eigenvalue weighted by Gasteiger charge is 2.55. The number of piperidine rings is 1. The molecule has 1 atom stereocenters. The fourth-order valence-corrected chi connectivity index (χ4v) is 4.14. The third-order valence-electron chi connectivity index (χ3n) is 5.79. The zero-order chi connectivity index (χ0) is 18.7. The Morgan fingerprint density at radius 3 is 2.50 bits per heavy atom. The van der Waals surface area contributed by atoms with E-state index in [4.69, 9.17) is 0 Å². The average molecular weight is 359 g/mol. The van der Waals surface area contributed by atoms with Gasteiger partial charge in [0, 0.05) is 33.1 Å². The van der Waals surface area contributed by atoms with Crippen LogP contribution in [-0.2, 0) is 20.9 Å². The zero-order valence-corrected chi connectivity index (χ0v) is 15.0. The molecule has 3 rings (SSSR count). The molecule has 2 aliphatic rings. The quantitative estimate of drug-likeness (QED) is 0.808. The topological polar surface area (TPSA) is 90.0 Å². The molecule has 1 aromatic rings. The van der Waals surface area contributed by atoms with Crippen molar-refractivity contribution in [3.63, 3.8) is 0 Å². The number of carboxylic acids is 1. The highest BCUT2D eigenvalue weighted by Crippen LogP contribution is 2.42. The number of benzene rings is 1. The van der Waals surface area contributed by atoms with Crippen LogP contribution in [-0.4, -0.2) is 64.9 Å². The van der Waals surface area contributed by atoms with Crippen molar-refractivity contribution in [1.82, 2.24) is 15.1 Å². The average Bonchev–Trinajstić information content (AvgIpc) is 2.88. The van der Waals surface area contributed by atoms with Crippen molar-refractivity contribution in [2.75, 3.05) is 26.7 Å². The molecule has 0 saturated carbocycles. The molecule has 2 aliphatic heterocycles. The summed E-state index contributed by atoms with van der Waals surface area (Å²) in [6.45, 7) is 2.01. The van der Waals surface area contributed by atoms with E-state index in [0.717, 1.165) is 5.56 Å². The number of nitrogens with one attached hydrogen (secondary N) is 1. The highest BCUT2D eigenvalue weighted by atomic mass is 16.4. The van der Waals surface area contributed by atoms with Gasteiger partial charge in [0.2, 0.25) is 11.8 Å². The molecular formula is C19H25N3O4. The summed E-state index contributed by atoms with van der Waals surface area (Å²) in [5.41, 5.74) is 0.439. The molecule has 7 heteroatoms. The third kappa shape index (κ3) is 3.58. The van der Waals surface area contributed by atoms with Gasteiger partial charge in [0.25, 0.3) is 0 Å². The Kier molecular flexibility index (Phi) is 5.27. The van der Waals surface area contributed by atoms with E-state index < -0.39 is 17.4 Å². The molecule has 7 nitrogen and oxygen atoms in total. The normalized spacial score (nSPS) is 22.6. The van der Waals surface area contributed by atoms with Gasteiger partial charge in [0.1, 0.15) is 0 Å². The van der Waals surface area contributed by atoms with Crippen LogP contribution in [0.2, 0.25) is 0 Å². The number of hydrogen-bond acceptors (Lipinski definition) is 4. The van der Waals surface area contributed by atoms with E-state index in [1.54, 1.807) is 11.9 Å². The van der Waals surface area contributed by atoms with E-state index in [2.05, 4.69) is 5.32 Å². The summed E-state index contributed by atoms with van der Waals surface area (Å²) in [5, 5.41) is 12.4. The molecule has 0 unspecified atom stereocenters. The first kappa shape index (κ1) is 18.4. The maximum atomic E-state index is 12.2. The van der Waals surface area contributed by atoms with Crippen molar-refractivity contribution < 1.29 is 19.5 Å². The summed E-state index contributed by atoms with van der Waals surface area (Å²) in [6.07, 6.45) is 1.24. The first-order chi connectivity index (χ1) is 12.4. The third-order valence-corrected chi connectivity index (χ3v) is 5.79. The standard InChI is InChI=1S/C19H25N3O4/c1-21-17(24)11-15(18(25)26)19(21)7-9-22(10-8-19)13-16(23)20-12-14-5-3-2-4-6-14/h2-6,15H,7-13H2,1H3,(H,20,23)(H,25,26)/t15-/m0/s1. The summed E-state index contributed by atoms with van der Waals surface area (Å²) in [7, 11) is 1.70. The molecule has 26 heavy (non-hydrogen) atoms. The van der Waals surface area contributed by atoms with Crippen molar-refractivity contribution in [3.05, 3.63) is 35.9 Å². The van der Waals surface area contributed by atoms with Crippen molar-refractivity contribution >= 4 is 17.8 Å². The van der Waals surface area contributed by atoms with Crippen molar-refractivity contribution in [3.8, 4) is 0 Å². The molecule has 1 aromatic carbocycles. The van der Waals surface area contributed by atoms with Crippen molar-refractivity contribution in [2.24, 2.45) is 5.92 Å². The van der Waals surface area contributed by atoms with Crippen LogP contribution in [0.25, 0.3) is 0 Å². The lowest BCUT2D eigenvalue weighted by Gasteiger charge is -2.45. The Hall–Kier alpha value is -2.41. The first-order valence-electron chi connectivity index (χ1n) is 8.95. The number of amides is 2. The Morgan fingerprint density at radius 2 is 1.88 bits per heavy atom.